The molecule has 1 aromatic heterocycles. The summed E-state index contributed by atoms with van der Waals surface area (Å²) >= 11 is 0. The quantitative estimate of drug-likeness (QED) is 0.709. The van der Waals surface area contributed by atoms with Gasteiger partial charge in [0.15, 0.2) is 5.78 Å². The summed E-state index contributed by atoms with van der Waals surface area (Å²) in [5.74, 6) is 0.948. The van der Waals surface area contributed by atoms with Crippen molar-refractivity contribution in [2.45, 2.75) is 13.3 Å². The van der Waals surface area contributed by atoms with E-state index in [-0.39, 0.29) is 5.78 Å². The lowest BCUT2D eigenvalue weighted by molar-refractivity contribution is 0.0988. The van der Waals surface area contributed by atoms with Crippen LogP contribution in [0.2, 0.25) is 0 Å². The maximum absolute atomic E-state index is 11.5. The van der Waals surface area contributed by atoms with E-state index in [9.17, 15) is 4.79 Å². The summed E-state index contributed by atoms with van der Waals surface area (Å²) in [4.78, 5) is 11.5. The first kappa shape index (κ1) is 9.71. The van der Waals surface area contributed by atoms with E-state index in [1.165, 1.54) is 0 Å². The van der Waals surface area contributed by atoms with Gasteiger partial charge < -0.3 is 4.42 Å². The van der Waals surface area contributed by atoms with Gasteiger partial charge in [-0.3, -0.25) is 4.79 Å². The number of hydrogen-bond donors (Lipinski definition) is 0. The summed E-state index contributed by atoms with van der Waals surface area (Å²) in [6, 6.07) is 11.2. The third-order valence-corrected chi connectivity index (χ3v) is 2.31. The van der Waals surface area contributed by atoms with E-state index in [4.69, 9.17) is 4.42 Å². The highest BCUT2D eigenvalue weighted by molar-refractivity contribution is 5.96. The predicted molar refractivity (Wildman–Crippen MR) is 58.8 cm³/mol. The Morgan fingerprint density at radius 2 is 2.13 bits per heavy atom. The number of furan rings is 1. The zero-order chi connectivity index (χ0) is 10.7. The Bertz CT molecular complexity index is 455. The first-order valence-corrected chi connectivity index (χ1v) is 4.98. The Morgan fingerprint density at radius 3 is 2.80 bits per heavy atom. The van der Waals surface area contributed by atoms with Crippen molar-refractivity contribution in [1.29, 1.82) is 0 Å². The minimum atomic E-state index is 0.156. The molecule has 0 aliphatic rings. The van der Waals surface area contributed by atoms with Crippen molar-refractivity contribution >= 4 is 5.78 Å². The van der Waals surface area contributed by atoms with Gasteiger partial charge in [-0.25, -0.2) is 0 Å². The predicted octanol–water partition coefficient (Wildman–Crippen LogP) is 3.54. The molecule has 0 fully saturated rings. The van der Waals surface area contributed by atoms with E-state index in [2.05, 4.69) is 0 Å². The second-order valence-electron chi connectivity index (χ2n) is 3.33. The molecule has 2 aromatic rings. The van der Waals surface area contributed by atoms with Crippen LogP contribution >= 0.6 is 0 Å². The number of carbonyl (C=O) groups is 1. The molecular weight excluding hydrogens is 188 g/mol. The Kier molecular flexibility index (Phi) is 2.68. The fourth-order valence-corrected chi connectivity index (χ4v) is 1.49. The second kappa shape index (κ2) is 4.13. The van der Waals surface area contributed by atoms with Crippen molar-refractivity contribution in [2.75, 3.05) is 0 Å². The SMILES string of the molecule is CCC(=O)c1cccc(-c2ccco2)c1. The Balaban J connectivity index is 2.39. The summed E-state index contributed by atoms with van der Waals surface area (Å²) in [6.07, 6.45) is 2.16. The van der Waals surface area contributed by atoms with E-state index in [0.29, 0.717) is 6.42 Å². The molecule has 0 atom stereocenters. The lowest BCUT2D eigenvalue weighted by atomic mass is 10.0. The van der Waals surface area contributed by atoms with Crippen LogP contribution in [0.5, 0.6) is 0 Å². The van der Waals surface area contributed by atoms with Crippen LogP contribution in [-0.4, -0.2) is 5.78 Å². The fraction of sp³-hybridized carbons (Fsp3) is 0.154. The molecule has 0 N–H and O–H groups in total. The molecule has 2 rings (SSSR count). The highest BCUT2D eigenvalue weighted by atomic mass is 16.3. The normalized spacial score (nSPS) is 10.2. The molecule has 2 heteroatoms. The monoisotopic (exact) mass is 200 g/mol. The molecule has 0 spiro atoms. The average molecular weight is 200 g/mol. The first-order chi connectivity index (χ1) is 7.31. The highest BCUT2D eigenvalue weighted by Gasteiger charge is 2.05. The zero-order valence-corrected chi connectivity index (χ0v) is 8.57. The van der Waals surface area contributed by atoms with Crippen molar-refractivity contribution in [3.05, 3.63) is 48.2 Å². The van der Waals surface area contributed by atoms with Crippen LogP contribution in [0.1, 0.15) is 23.7 Å². The molecule has 0 unspecified atom stereocenters. The Morgan fingerprint density at radius 1 is 1.27 bits per heavy atom. The van der Waals surface area contributed by atoms with Crippen LogP contribution in [0.3, 0.4) is 0 Å². The first-order valence-electron chi connectivity index (χ1n) is 4.98. The van der Waals surface area contributed by atoms with Gasteiger partial charge in [0.05, 0.1) is 6.26 Å². The van der Waals surface area contributed by atoms with Gasteiger partial charge in [-0.1, -0.05) is 25.1 Å². The Labute approximate surface area is 88.5 Å². The average Bonchev–Trinajstić information content (AvgIpc) is 2.82. The van der Waals surface area contributed by atoms with E-state index < -0.39 is 0 Å². The summed E-state index contributed by atoms with van der Waals surface area (Å²) < 4.78 is 5.28. The van der Waals surface area contributed by atoms with E-state index in [1.807, 2.05) is 43.3 Å². The van der Waals surface area contributed by atoms with Gasteiger partial charge >= 0.3 is 0 Å². The topological polar surface area (TPSA) is 30.2 Å². The number of Topliss-reactive ketones (excluding diaryl/α,β-unsaturated/α-hetero) is 1. The molecule has 1 heterocycles. The van der Waals surface area contributed by atoms with Crippen LogP contribution < -0.4 is 0 Å². The fourth-order valence-electron chi connectivity index (χ4n) is 1.49. The summed E-state index contributed by atoms with van der Waals surface area (Å²) in [6.45, 7) is 1.86. The van der Waals surface area contributed by atoms with Gasteiger partial charge in [0.1, 0.15) is 5.76 Å². The summed E-state index contributed by atoms with van der Waals surface area (Å²) in [5, 5.41) is 0. The minimum absolute atomic E-state index is 0.156. The van der Waals surface area contributed by atoms with Crippen molar-refractivity contribution < 1.29 is 9.21 Å². The molecular formula is C13H12O2. The third kappa shape index (κ3) is 1.99. The maximum atomic E-state index is 11.5. The van der Waals surface area contributed by atoms with E-state index in [1.54, 1.807) is 6.26 Å². The molecule has 0 aliphatic heterocycles. The van der Waals surface area contributed by atoms with Crippen LogP contribution in [-0.2, 0) is 0 Å². The molecule has 0 aliphatic carbocycles. The lowest BCUT2D eigenvalue weighted by Crippen LogP contribution is -1.95. The van der Waals surface area contributed by atoms with Crippen molar-refractivity contribution in [2.24, 2.45) is 0 Å². The molecule has 76 valence electrons. The molecule has 15 heavy (non-hydrogen) atoms. The summed E-state index contributed by atoms with van der Waals surface area (Å²) in [7, 11) is 0. The third-order valence-electron chi connectivity index (χ3n) is 2.31. The highest BCUT2D eigenvalue weighted by Crippen LogP contribution is 2.21. The summed E-state index contributed by atoms with van der Waals surface area (Å²) in [5.41, 5.74) is 1.69. The van der Waals surface area contributed by atoms with Crippen LogP contribution in [0.4, 0.5) is 0 Å². The second-order valence-corrected chi connectivity index (χ2v) is 3.33. The molecule has 0 saturated heterocycles. The Hall–Kier alpha value is -1.83. The van der Waals surface area contributed by atoms with Crippen molar-refractivity contribution in [1.82, 2.24) is 0 Å². The number of ketones is 1. The van der Waals surface area contributed by atoms with Crippen LogP contribution in [0.25, 0.3) is 11.3 Å². The molecule has 1 aromatic carbocycles. The van der Waals surface area contributed by atoms with Gasteiger partial charge in [-0.15, -0.1) is 0 Å². The molecule has 0 bridgehead atoms. The van der Waals surface area contributed by atoms with Crippen molar-refractivity contribution in [3.63, 3.8) is 0 Å². The smallest absolute Gasteiger partial charge is 0.162 e. The molecule has 0 saturated carbocycles. The van der Waals surface area contributed by atoms with E-state index >= 15 is 0 Å². The number of hydrogen-bond acceptors (Lipinski definition) is 2. The number of benzene rings is 1. The van der Waals surface area contributed by atoms with Crippen LogP contribution in [0.15, 0.2) is 47.1 Å². The molecule has 0 amide bonds. The maximum Gasteiger partial charge on any atom is 0.162 e. The van der Waals surface area contributed by atoms with E-state index in [0.717, 1.165) is 16.9 Å². The largest absolute Gasteiger partial charge is 0.464 e. The van der Waals surface area contributed by atoms with Crippen LogP contribution in [0, 0.1) is 0 Å². The van der Waals surface area contributed by atoms with Gasteiger partial charge in [-0.2, -0.15) is 0 Å². The standard InChI is InChI=1S/C13H12O2/c1-2-12(14)10-5-3-6-11(9-10)13-7-4-8-15-13/h3-9H,2H2,1H3. The number of rotatable bonds is 3. The van der Waals surface area contributed by atoms with Gasteiger partial charge in [0.25, 0.3) is 0 Å². The van der Waals surface area contributed by atoms with Gasteiger partial charge in [0.2, 0.25) is 0 Å². The number of carbonyl (C=O) groups excluding carboxylic acids is 1. The van der Waals surface area contributed by atoms with Crippen molar-refractivity contribution in [3.8, 4) is 11.3 Å². The zero-order valence-electron chi connectivity index (χ0n) is 8.57. The lowest BCUT2D eigenvalue weighted by Gasteiger charge is -2.00. The van der Waals surface area contributed by atoms with Gasteiger partial charge in [0, 0.05) is 17.5 Å². The van der Waals surface area contributed by atoms with Gasteiger partial charge in [-0.05, 0) is 18.2 Å². The molecule has 2 nitrogen and oxygen atoms in total. The minimum Gasteiger partial charge on any atom is -0.464 e. The molecule has 0 radical (unpaired) electrons.